The van der Waals surface area contributed by atoms with Crippen LogP contribution >= 0.6 is 23.4 Å². The van der Waals surface area contributed by atoms with Gasteiger partial charge in [0.05, 0.1) is 18.7 Å². The van der Waals surface area contributed by atoms with Crippen molar-refractivity contribution >= 4 is 40.2 Å². The molecular formula is C20H24ClN5OS. The van der Waals surface area contributed by atoms with E-state index in [0.717, 1.165) is 60.4 Å². The highest BCUT2D eigenvalue weighted by atomic mass is 35.5. The van der Waals surface area contributed by atoms with E-state index < -0.39 is 0 Å². The average molecular weight is 418 g/mol. The van der Waals surface area contributed by atoms with Crippen molar-refractivity contribution in [2.45, 2.75) is 31.3 Å². The van der Waals surface area contributed by atoms with E-state index in [1.165, 1.54) is 0 Å². The molecule has 1 aliphatic rings. The molecule has 1 fully saturated rings. The van der Waals surface area contributed by atoms with Crippen LogP contribution in [0.15, 0.2) is 35.5 Å². The van der Waals surface area contributed by atoms with Crippen molar-refractivity contribution in [1.29, 1.82) is 0 Å². The van der Waals surface area contributed by atoms with Crippen molar-refractivity contribution in [3.63, 3.8) is 0 Å². The maximum atomic E-state index is 6.43. The molecule has 0 radical (unpaired) electrons. The summed E-state index contributed by atoms with van der Waals surface area (Å²) in [4.78, 5) is 6.78. The number of aromatic nitrogens is 4. The lowest BCUT2D eigenvalue weighted by atomic mass is 10.2. The Morgan fingerprint density at radius 1 is 1.18 bits per heavy atom. The summed E-state index contributed by atoms with van der Waals surface area (Å²) >= 11 is 8.09. The van der Waals surface area contributed by atoms with Crippen molar-refractivity contribution in [3.8, 4) is 0 Å². The molecule has 1 saturated heterocycles. The van der Waals surface area contributed by atoms with E-state index in [0.29, 0.717) is 16.8 Å². The van der Waals surface area contributed by atoms with E-state index in [-0.39, 0.29) is 0 Å². The predicted octanol–water partition coefficient (Wildman–Crippen LogP) is 4.26. The number of rotatable bonds is 6. The summed E-state index contributed by atoms with van der Waals surface area (Å²) in [5, 5.41) is 11.5. The van der Waals surface area contributed by atoms with E-state index in [1.807, 2.05) is 18.2 Å². The number of nitrogens with zero attached hydrogens (tertiary/aromatic N) is 5. The Morgan fingerprint density at radius 2 is 1.96 bits per heavy atom. The van der Waals surface area contributed by atoms with E-state index in [9.17, 15) is 0 Å². The first-order valence-corrected chi connectivity index (χ1v) is 10.9. The molecule has 6 nitrogen and oxygen atoms in total. The first kappa shape index (κ1) is 19.5. The summed E-state index contributed by atoms with van der Waals surface area (Å²) in [6.45, 7) is 8.46. The van der Waals surface area contributed by atoms with Crippen LogP contribution < -0.4 is 4.90 Å². The molecule has 0 saturated carbocycles. The van der Waals surface area contributed by atoms with Crippen molar-refractivity contribution in [3.05, 3.63) is 41.0 Å². The summed E-state index contributed by atoms with van der Waals surface area (Å²) in [6.07, 6.45) is 0. The van der Waals surface area contributed by atoms with Crippen LogP contribution in [0.5, 0.6) is 0 Å². The van der Waals surface area contributed by atoms with Gasteiger partial charge < -0.3 is 9.64 Å². The lowest BCUT2D eigenvalue weighted by Crippen LogP contribution is -2.38. The molecule has 1 aromatic carbocycles. The Bertz CT molecular complexity index is 955. The molecule has 0 aliphatic carbocycles. The van der Waals surface area contributed by atoms with Crippen LogP contribution in [0.2, 0.25) is 5.15 Å². The number of fused-ring (bicyclic) bond motifs is 1. The molecule has 1 aliphatic heterocycles. The van der Waals surface area contributed by atoms with Gasteiger partial charge in [-0.15, -0.1) is 10.2 Å². The summed E-state index contributed by atoms with van der Waals surface area (Å²) < 4.78 is 7.70. The molecule has 0 spiro atoms. The van der Waals surface area contributed by atoms with Gasteiger partial charge in [-0.2, -0.15) is 0 Å². The van der Waals surface area contributed by atoms with Crippen molar-refractivity contribution in [2.75, 3.05) is 31.2 Å². The minimum atomic E-state index is 0.501. The fourth-order valence-electron chi connectivity index (χ4n) is 3.29. The molecule has 0 atom stereocenters. The maximum absolute atomic E-state index is 6.43. The number of halogens is 1. The van der Waals surface area contributed by atoms with E-state index in [2.05, 4.69) is 50.6 Å². The highest BCUT2D eigenvalue weighted by molar-refractivity contribution is 7.98. The SMILES string of the molecule is CC(C)Cn1c(SCc2cc3ccccc3nc2Cl)nnc1N1CCOCC1. The monoisotopic (exact) mass is 417 g/mol. The first-order valence-electron chi connectivity index (χ1n) is 9.54. The minimum Gasteiger partial charge on any atom is -0.378 e. The Hall–Kier alpha value is -1.83. The summed E-state index contributed by atoms with van der Waals surface area (Å²) in [5.41, 5.74) is 1.93. The molecule has 0 bridgehead atoms. The van der Waals surface area contributed by atoms with Gasteiger partial charge in [-0.3, -0.25) is 4.57 Å². The average Bonchev–Trinajstić information content (AvgIpc) is 3.09. The Morgan fingerprint density at radius 3 is 2.75 bits per heavy atom. The van der Waals surface area contributed by atoms with Gasteiger partial charge in [0.1, 0.15) is 5.15 Å². The van der Waals surface area contributed by atoms with E-state index >= 15 is 0 Å². The molecule has 148 valence electrons. The molecule has 0 N–H and O–H groups in total. The van der Waals surface area contributed by atoms with Gasteiger partial charge >= 0.3 is 0 Å². The fraction of sp³-hybridized carbons (Fsp3) is 0.450. The lowest BCUT2D eigenvalue weighted by Gasteiger charge is -2.28. The Balaban J connectivity index is 1.57. The quantitative estimate of drug-likeness (QED) is 0.441. The van der Waals surface area contributed by atoms with Crippen LogP contribution in [0.1, 0.15) is 19.4 Å². The second-order valence-corrected chi connectivity index (χ2v) is 8.61. The molecule has 3 aromatic rings. The van der Waals surface area contributed by atoms with Gasteiger partial charge in [0.15, 0.2) is 5.16 Å². The molecule has 2 aromatic heterocycles. The number of morpholine rings is 1. The van der Waals surface area contributed by atoms with Crippen LogP contribution in [0.3, 0.4) is 0 Å². The summed E-state index contributed by atoms with van der Waals surface area (Å²) in [5.74, 6) is 2.14. The number of hydrogen-bond acceptors (Lipinski definition) is 6. The number of pyridine rings is 1. The zero-order valence-corrected chi connectivity index (χ0v) is 17.7. The van der Waals surface area contributed by atoms with Gasteiger partial charge in [-0.1, -0.05) is 55.4 Å². The van der Waals surface area contributed by atoms with Gasteiger partial charge in [0.2, 0.25) is 5.95 Å². The fourth-order valence-corrected chi connectivity index (χ4v) is 4.50. The van der Waals surface area contributed by atoms with Crippen LogP contribution in [-0.2, 0) is 17.0 Å². The lowest BCUT2D eigenvalue weighted by molar-refractivity contribution is 0.121. The molecule has 3 heterocycles. The smallest absolute Gasteiger partial charge is 0.228 e. The maximum Gasteiger partial charge on any atom is 0.228 e. The normalized spacial score (nSPS) is 14.9. The van der Waals surface area contributed by atoms with Gasteiger partial charge in [0, 0.05) is 36.3 Å². The number of para-hydroxylation sites is 1. The largest absolute Gasteiger partial charge is 0.378 e. The number of anilines is 1. The molecule has 0 unspecified atom stereocenters. The van der Waals surface area contributed by atoms with Crippen molar-refractivity contribution in [1.82, 2.24) is 19.7 Å². The molecular weight excluding hydrogens is 394 g/mol. The number of thioether (sulfide) groups is 1. The van der Waals surface area contributed by atoms with Gasteiger partial charge in [-0.25, -0.2) is 4.98 Å². The van der Waals surface area contributed by atoms with Crippen LogP contribution in [-0.4, -0.2) is 46.1 Å². The molecule has 0 amide bonds. The van der Waals surface area contributed by atoms with Crippen LogP contribution in [0.4, 0.5) is 5.95 Å². The van der Waals surface area contributed by atoms with E-state index in [4.69, 9.17) is 16.3 Å². The van der Waals surface area contributed by atoms with Gasteiger partial charge in [0.25, 0.3) is 0 Å². The highest BCUT2D eigenvalue weighted by Crippen LogP contribution is 2.30. The summed E-state index contributed by atoms with van der Waals surface area (Å²) in [6, 6.07) is 10.1. The second-order valence-electron chi connectivity index (χ2n) is 7.31. The van der Waals surface area contributed by atoms with Crippen molar-refractivity contribution in [2.24, 2.45) is 5.92 Å². The third-order valence-corrected chi connectivity index (χ3v) is 5.99. The zero-order valence-electron chi connectivity index (χ0n) is 16.1. The number of ether oxygens (including phenoxy) is 1. The number of hydrogen-bond donors (Lipinski definition) is 0. The van der Waals surface area contributed by atoms with Crippen LogP contribution in [0.25, 0.3) is 10.9 Å². The standard InChI is InChI=1S/C20H24ClN5OS/c1-14(2)12-26-19(25-7-9-27-10-8-25)23-24-20(26)28-13-16-11-15-5-3-4-6-17(15)22-18(16)21/h3-6,11,14H,7-10,12-13H2,1-2H3. The first-order chi connectivity index (χ1) is 13.6. The van der Waals surface area contributed by atoms with Gasteiger partial charge in [-0.05, 0) is 18.1 Å². The summed E-state index contributed by atoms with van der Waals surface area (Å²) in [7, 11) is 0. The Labute approximate surface area is 174 Å². The third-order valence-electron chi connectivity index (χ3n) is 4.65. The third kappa shape index (κ3) is 4.26. The zero-order chi connectivity index (χ0) is 19.5. The number of benzene rings is 1. The Kier molecular flexibility index (Phi) is 6.04. The van der Waals surface area contributed by atoms with E-state index in [1.54, 1.807) is 11.8 Å². The second kappa shape index (κ2) is 8.68. The van der Waals surface area contributed by atoms with Crippen molar-refractivity contribution < 1.29 is 4.74 Å². The molecule has 8 heteroatoms. The van der Waals surface area contributed by atoms with Crippen LogP contribution in [0, 0.1) is 5.92 Å². The molecule has 28 heavy (non-hydrogen) atoms. The topological polar surface area (TPSA) is 56.1 Å². The highest BCUT2D eigenvalue weighted by Gasteiger charge is 2.21. The predicted molar refractivity (Wildman–Crippen MR) is 114 cm³/mol. The molecule has 4 rings (SSSR count). The minimum absolute atomic E-state index is 0.501.